The first-order valence-electron chi connectivity index (χ1n) is 20.6. The van der Waals surface area contributed by atoms with Crippen LogP contribution in [0, 0.1) is 0 Å². The van der Waals surface area contributed by atoms with Crippen LogP contribution in [0.2, 0.25) is 0 Å². The summed E-state index contributed by atoms with van der Waals surface area (Å²) >= 11 is 1.87. The lowest BCUT2D eigenvalue weighted by Crippen LogP contribution is -2.87. The van der Waals surface area contributed by atoms with Gasteiger partial charge in [0, 0.05) is 54.7 Å². The minimum absolute atomic E-state index is 0.00513. The first kappa shape index (κ1) is 33.8. The van der Waals surface area contributed by atoms with Gasteiger partial charge in [-0.05, 0) is 97.8 Å². The Hall–Kier alpha value is -7.12. The number of ether oxygens (including phenoxy) is 1. The monoisotopic (exact) mass is 798 g/mol. The summed E-state index contributed by atoms with van der Waals surface area (Å²) in [7, 11) is -2.88. The summed E-state index contributed by atoms with van der Waals surface area (Å²) in [5.41, 5.74) is 10.6. The number of para-hydroxylation sites is 2. The molecule has 280 valence electrons. The van der Waals surface area contributed by atoms with Crippen molar-refractivity contribution < 1.29 is 4.74 Å². The molecular weight excluding hydrogens is 764 g/mol. The van der Waals surface area contributed by atoms with Crippen LogP contribution >= 0.6 is 11.3 Å². The maximum atomic E-state index is 7.34. The van der Waals surface area contributed by atoms with Crippen LogP contribution in [0.5, 0.6) is 11.5 Å². The van der Waals surface area contributed by atoms with Crippen molar-refractivity contribution in [2.75, 3.05) is 9.80 Å². The van der Waals surface area contributed by atoms with Crippen LogP contribution in [0.25, 0.3) is 20.2 Å². The van der Waals surface area contributed by atoms with Gasteiger partial charge >= 0.3 is 0 Å². The largest absolute Gasteiger partial charge is 0.458 e. The maximum Gasteiger partial charge on any atom is 0.256 e. The van der Waals surface area contributed by atoms with Gasteiger partial charge in [0.2, 0.25) is 0 Å². The molecule has 6 heteroatoms. The average Bonchev–Trinajstić information content (AvgIpc) is 3.69. The Morgan fingerprint density at radius 1 is 0.433 bits per heavy atom. The van der Waals surface area contributed by atoms with Gasteiger partial charge in [-0.25, -0.2) is 0 Å². The van der Waals surface area contributed by atoms with E-state index >= 15 is 0 Å². The summed E-state index contributed by atoms with van der Waals surface area (Å²) in [6, 6.07) is 78.5. The van der Waals surface area contributed by atoms with Crippen LogP contribution in [0.3, 0.4) is 0 Å². The molecule has 0 bridgehead atoms. The van der Waals surface area contributed by atoms with E-state index in [2.05, 4.69) is 222 Å². The zero-order chi connectivity index (χ0) is 39.4. The highest BCUT2D eigenvalue weighted by molar-refractivity contribution is 7.27. The van der Waals surface area contributed by atoms with Crippen molar-refractivity contribution in [2.24, 2.45) is 0 Å². The number of hydrogen-bond donors (Lipinski definition) is 0. The van der Waals surface area contributed by atoms with Gasteiger partial charge < -0.3 is 14.5 Å². The molecule has 0 aliphatic carbocycles. The van der Waals surface area contributed by atoms with Crippen molar-refractivity contribution in [1.29, 1.82) is 0 Å². The van der Waals surface area contributed by atoms with Crippen LogP contribution in [-0.4, -0.2) is 14.8 Å². The van der Waals surface area contributed by atoms with Gasteiger partial charge in [-0.3, -0.25) is 0 Å². The molecule has 0 unspecified atom stereocenters. The Labute approximate surface area is 354 Å². The van der Waals surface area contributed by atoms with E-state index in [1.807, 2.05) is 11.3 Å². The third-order valence-corrected chi connectivity index (χ3v) is 19.0. The summed E-state index contributed by atoms with van der Waals surface area (Å²) in [6.45, 7) is -0.00513. The number of fused-ring (bicyclic) bond motifs is 3. The predicted octanol–water partition coefficient (Wildman–Crippen LogP) is 9.62. The summed E-state index contributed by atoms with van der Waals surface area (Å²) < 4.78 is 9.93. The first-order valence-corrected chi connectivity index (χ1v) is 23.4. The van der Waals surface area contributed by atoms with E-state index in [-0.39, 0.29) is 6.71 Å². The number of benzene rings is 9. The lowest BCUT2D eigenvalue weighted by Gasteiger charge is -2.49. The standard InChI is InChI=1S/C54H35BN2OSSi/c1-5-17-36(18-6-1)56(37-19-7-2-8-20-37)39-33-45-52-47(34-39)58-46-27-16-30-51-54(46)55(52)53-44(57(45)38-31-32-43-42-25-13-14-28-48(42)59-49(43)35-38)26-15-29-50(53)60(51,40-21-9-3-10-22-40)41-23-11-4-12-24-41/h1-35H. The summed E-state index contributed by atoms with van der Waals surface area (Å²) in [6.07, 6.45) is 0. The zero-order valence-corrected chi connectivity index (χ0v) is 34.3. The van der Waals surface area contributed by atoms with Crippen LogP contribution in [0.4, 0.5) is 34.1 Å². The molecule has 4 heterocycles. The molecule has 0 saturated heterocycles. The molecule has 0 amide bonds. The van der Waals surface area contributed by atoms with E-state index in [0.29, 0.717) is 0 Å². The molecule has 1 aromatic heterocycles. The zero-order valence-electron chi connectivity index (χ0n) is 32.5. The predicted molar refractivity (Wildman–Crippen MR) is 257 cm³/mol. The molecule has 0 atom stereocenters. The Morgan fingerprint density at radius 2 is 1.03 bits per heavy atom. The van der Waals surface area contributed by atoms with Gasteiger partial charge in [0.25, 0.3) is 6.71 Å². The molecule has 10 aromatic rings. The van der Waals surface area contributed by atoms with Gasteiger partial charge in [-0.15, -0.1) is 11.3 Å². The second kappa shape index (κ2) is 12.9. The molecule has 13 rings (SSSR count). The molecule has 0 radical (unpaired) electrons. The van der Waals surface area contributed by atoms with Gasteiger partial charge in [0.1, 0.15) is 11.5 Å². The fraction of sp³-hybridized carbons (Fsp3) is 0. The summed E-state index contributed by atoms with van der Waals surface area (Å²) in [4.78, 5) is 4.90. The average molecular weight is 799 g/mol. The number of hydrogen-bond acceptors (Lipinski definition) is 4. The second-order valence-electron chi connectivity index (χ2n) is 16.0. The van der Waals surface area contributed by atoms with Gasteiger partial charge in [-0.1, -0.05) is 146 Å². The lowest BCUT2D eigenvalue weighted by atomic mass is 9.34. The van der Waals surface area contributed by atoms with Crippen LogP contribution in [0.15, 0.2) is 212 Å². The highest BCUT2D eigenvalue weighted by atomic mass is 32.1. The first-order chi connectivity index (χ1) is 29.8. The maximum absolute atomic E-state index is 7.34. The summed E-state index contributed by atoms with van der Waals surface area (Å²) in [5.74, 6) is 1.85. The quantitative estimate of drug-likeness (QED) is 0.156. The minimum atomic E-state index is -2.88. The van der Waals surface area contributed by atoms with Crippen LogP contribution in [0.1, 0.15) is 0 Å². The number of nitrogens with zero attached hydrogens (tertiary/aromatic N) is 2. The fourth-order valence-corrected chi connectivity index (χ4v) is 17.1. The molecule has 0 spiro atoms. The van der Waals surface area contributed by atoms with Gasteiger partial charge in [0.05, 0.1) is 5.69 Å². The summed E-state index contributed by atoms with van der Waals surface area (Å²) in [5, 5.41) is 8.20. The van der Waals surface area contributed by atoms with Crippen molar-refractivity contribution in [3.05, 3.63) is 212 Å². The van der Waals surface area contributed by atoms with E-state index in [1.54, 1.807) is 0 Å². The third-order valence-electron chi connectivity index (χ3n) is 13.0. The Kier molecular flexibility index (Phi) is 7.29. The van der Waals surface area contributed by atoms with Crippen molar-refractivity contribution in [3.8, 4) is 11.5 Å². The van der Waals surface area contributed by atoms with Crippen LogP contribution in [-0.2, 0) is 0 Å². The van der Waals surface area contributed by atoms with Gasteiger partial charge in [-0.2, -0.15) is 0 Å². The molecule has 3 aliphatic heterocycles. The smallest absolute Gasteiger partial charge is 0.256 e. The van der Waals surface area contributed by atoms with E-state index in [9.17, 15) is 0 Å². The fourth-order valence-electron chi connectivity index (χ4n) is 10.6. The highest BCUT2D eigenvalue weighted by Gasteiger charge is 2.56. The topological polar surface area (TPSA) is 15.7 Å². The molecular formula is C54H35BN2OSSi. The number of thiophene rings is 1. The van der Waals surface area contributed by atoms with Crippen molar-refractivity contribution in [2.45, 2.75) is 0 Å². The molecule has 3 nitrogen and oxygen atoms in total. The van der Waals surface area contributed by atoms with Crippen molar-refractivity contribution in [3.63, 3.8) is 0 Å². The normalized spacial score (nSPS) is 13.9. The van der Waals surface area contributed by atoms with E-state index in [0.717, 1.165) is 39.9 Å². The van der Waals surface area contributed by atoms with Crippen molar-refractivity contribution >= 4 is 118 Å². The molecule has 0 saturated carbocycles. The Balaban J connectivity index is 1.15. The number of anilines is 6. The Bertz CT molecular complexity index is 3240. The lowest BCUT2D eigenvalue weighted by molar-refractivity contribution is 0.488. The SMILES string of the molecule is c1ccc(N(c2ccccc2)c2cc3c4c(c2)N(c2ccc5c(c2)sc2ccccc25)c2cccc5c2B4c2c(cccc2[Si]5(c2ccccc2)c2ccccc2)O3)cc1. The molecule has 60 heavy (non-hydrogen) atoms. The molecule has 0 fully saturated rings. The van der Waals surface area contributed by atoms with E-state index < -0.39 is 8.07 Å². The number of rotatable bonds is 6. The van der Waals surface area contributed by atoms with Gasteiger partial charge in [0.15, 0.2) is 8.07 Å². The second-order valence-corrected chi connectivity index (χ2v) is 20.8. The Morgan fingerprint density at radius 3 is 1.73 bits per heavy atom. The minimum Gasteiger partial charge on any atom is -0.458 e. The van der Waals surface area contributed by atoms with Crippen LogP contribution < -0.4 is 51.7 Å². The molecule has 0 N–H and O–H groups in total. The van der Waals surface area contributed by atoms with E-state index in [1.165, 1.54) is 63.0 Å². The van der Waals surface area contributed by atoms with E-state index in [4.69, 9.17) is 4.74 Å². The molecule has 9 aromatic carbocycles. The van der Waals surface area contributed by atoms with Crippen molar-refractivity contribution in [1.82, 2.24) is 0 Å². The molecule has 3 aliphatic rings. The highest BCUT2D eigenvalue weighted by Crippen LogP contribution is 2.47. The third kappa shape index (κ3) is 4.66.